The second kappa shape index (κ2) is 8.34. The number of thiazole rings is 1. The van der Waals surface area contributed by atoms with Gasteiger partial charge in [0.15, 0.2) is 0 Å². The lowest BCUT2D eigenvalue weighted by molar-refractivity contribution is -0.130. The third kappa shape index (κ3) is 4.42. The van der Waals surface area contributed by atoms with Crippen LogP contribution >= 0.6 is 22.9 Å². The van der Waals surface area contributed by atoms with E-state index in [2.05, 4.69) is 4.98 Å². The molecule has 0 aliphatic heterocycles. The number of phenols is 1. The summed E-state index contributed by atoms with van der Waals surface area (Å²) in [6.07, 6.45) is 1.99. The van der Waals surface area contributed by atoms with Crippen molar-refractivity contribution in [2.75, 3.05) is 7.05 Å². The van der Waals surface area contributed by atoms with Crippen molar-refractivity contribution < 1.29 is 9.90 Å². The van der Waals surface area contributed by atoms with E-state index in [0.29, 0.717) is 11.6 Å². The molecule has 1 aromatic heterocycles. The number of phenolic OH excluding ortho intramolecular Hbond substituents is 1. The van der Waals surface area contributed by atoms with E-state index in [9.17, 15) is 9.90 Å². The lowest BCUT2D eigenvalue weighted by Gasteiger charge is -2.23. The molecular formula is C20H19ClN2O2S. The fraction of sp³-hybridized carbons (Fsp3) is 0.200. The number of hydrogen-bond donors (Lipinski definition) is 1. The summed E-state index contributed by atoms with van der Waals surface area (Å²) in [6, 6.07) is 14.5. The van der Waals surface area contributed by atoms with Crippen molar-refractivity contribution in [1.82, 2.24) is 9.88 Å². The first-order chi connectivity index (χ1) is 12.5. The van der Waals surface area contributed by atoms with E-state index in [4.69, 9.17) is 11.6 Å². The fourth-order valence-corrected chi connectivity index (χ4v) is 3.80. The Morgan fingerprint density at radius 3 is 2.77 bits per heavy atom. The van der Waals surface area contributed by atoms with Crippen LogP contribution in [0.3, 0.4) is 0 Å². The average Bonchev–Trinajstić information content (AvgIpc) is 3.13. The van der Waals surface area contributed by atoms with E-state index in [1.54, 1.807) is 36.3 Å². The number of nitrogens with zero attached hydrogens (tertiary/aromatic N) is 2. The third-order valence-corrected chi connectivity index (χ3v) is 5.32. The van der Waals surface area contributed by atoms with Crippen LogP contribution in [0.2, 0.25) is 5.02 Å². The molecule has 1 atom stereocenters. The highest BCUT2D eigenvalue weighted by molar-refractivity contribution is 7.09. The maximum atomic E-state index is 12.8. The van der Waals surface area contributed by atoms with Gasteiger partial charge in [-0.25, -0.2) is 4.98 Å². The Morgan fingerprint density at radius 1 is 1.27 bits per heavy atom. The SMILES string of the molecule is CN(Cc1nccs1)C(=O)C[C@@H](c1cccc(O)c1)c1ccccc1Cl. The standard InChI is InChI=1S/C20H19ClN2O2S/c1-23(13-19-22-9-10-26-19)20(25)12-17(14-5-4-6-15(24)11-14)16-7-2-3-8-18(16)21/h2-11,17,24H,12-13H2,1H3/t17-/m0/s1. The third-order valence-electron chi connectivity index (χ3n) is 4.21. The molecule has 0 radical (unpaired) electrons. The Morgan fingerprint density at radius 2 is 2.08 bits per heavy atom. The highest BCUT2D eigenvalue weighted by Crippen LogP contribution is 2.34. The van der Waals surface area contributed by atoms with Gasteiger partial charge in [0.2, 0.25) is 5.91 Å². The first-order valence-electron chi connectivity index (χ1n) is 8.20. The smallest absolute Gasteiger partial charge is 0.223 e. The van der Waals surface area contributed by atoms with Gasteiger partial charge < -0.3 is 10.0 Å². The normalized spacial score (nSPS) is 11.9. The van der Waals surface area contributed by atoms with Crippen molar-refractivity contribution in [3.05, 3.63) is 81.3 Å². The zero-order chi connectivity index (χ0) is 18.5. The molecule has 0 spiro atoms. The molecule has 1 N–H and O–H groups in total. The van der Waals surface area contributed by atoms with Gasteiger partial charge in [-0.3, -0.25) is 4.79 Å². The van der Waals surface area contributed by atoms with Crippen LogP contribution in [0, 0.1) is 0 Å². The molecule has 0 unspecified atom stereocenters. The van der Waals surface area contributed by atoms with Crippen molar-refractivity contribution in [3.8, 4) is 5.75 Å². The van der Waals surface area contributed by atoms with E-state index in [0.717, 1.165) is 16.1 Å². The van der Waals surface area contributed by atoms with Gasteiger partial charge in [0.05, 0.1) is 6.54 Å². The summed E-state index contributed by atoms with van der Waals surface area (Å²) in [4.78, 5) is 18.7. The maximum absolute atomic E-state index is 12.8. The molecule has 0 aliphatic carbocycles. The van der Waals surface area contributed by atoms with E-state index >= 15 is 0 Å². The summed E-state index contributed by atoms with van der Waals surface area (Å²) in [6.45, 7) is 0.478. The summed E-state index contributed by atoms with van der Waals surface area (Å²) in [7, 11) is 1.77. The summed E-state index contributed by atoms with van der Waals surface area (Å²) in [5, 5.41) is 13.3. The van der Waals surface area contributed by atoms with Gasteiger partial charge in [0, 0.05) is 36.0 Å². The summed E-state index contributed by atoms with van der Waals surface area (Å²) in [5.41, 5.74) is 1.73. The van der Waals surface area contributed by atoms with Crippen LogP contribution in [0.1, 0.15) is 28.5 Å². The van der Waals surface area contributed by atoms with Crippen LogP contribution in [0.4, 0.5) is 0 Å². The summed E-state index contributed by atoms with van der Waals surface area (Å²) in [5.74, 6) is -0.0707. The predicted octanol–water partition coefficient (Wildman–Crippen LogP) is 4.68. The first kappa shape index (κ1) is 18.4. The van der Waals surface area contributed by atoms with Crippen LogP contribution in [-0.2, 0) is 11.3 Å². The monoisotopic (exact) mass is 386 g/mol. The Hall–Kier alpha value is -2.37. The first-order valence-corrected chi connectivity index (χ1v) is 9.46. The van der Waals surface area contributed by atoms with Gasteiger partial charge in [-0.1, -0.05) is 41.9 Å². The fourth-order valence-electron chi connectivity index (χ4n) is 2.86. The summed E-state index contributed by atoms with van der Waals surface area (Å²) >= 11 is 7.92. The molecular weight excluding hydrogens is 368 g/mol. The summed E-state index contributed by atoms with van der Waals surface area (Å²) < 4.78 is 0. The lowest BCUT2D eigenvalue weighted by atomic mass is 9.88. The van der Waals surface area contributed by atoms with Gasteiger partial charge in [-0.05, 0) is 29.3 Å². The number of rotatable bonds is 6. The molecule has 26 heavy (non-hydrogen) atoms. The Balaban J connectivity index is 1.86. The number of hydrogen-bond acceptors (Lipinski definition) is 4. The topological polar surface area (TPSA) is 53.4 Å². The molecule has 6 heteroatoms. The van der Waals surface area contributed by atoms with Gasteiger partial charge in [0.1, 0.15) is 10.8 Å². The maximum Gasteiger partial charge on any atom is 0.223 e. The van der Waals surface area contributed by atoms with E-state index in [1.165, 1.54) is 11.3 Å². The molecule has 3 aromatic rings. The minimum Gasteiger partial charge on any atom is -0.508 e. The molecule has 4 nitrogen and oxygen atoms in total. The molecule has 1 amide bonds. The largest absolute Gasteiger partial charge is 0.508 e. The second-order valence-electron chi connectivity index (χ2n) is 6.05. The zero-order valence-electron chi connectivity index (χ0n) is 14.3. The van der Waals surface area contributed by atoms with Gasteiger partial charge in [0.25, 0.3) is 0 Å². The number of halogens is 1. The quantitative estimate of drug-likeness (QED) is 0.669. The zero-order valence-corrected chi connectivity index (χ0v) is 15.9. The number of carbonyl (C=O) groups excluding carboxylic acids is 1. The molecule has 0 saturated heterocycles. The minimum absolute atomic E-state index is 0.00605. The lowest BCUT2D eigenvalue weighted by Crippen LogP contribution is -2.27. The molecule has 0 bridgehead atoms. The second-order valence-corrected chi connectivity index (χ2v) is 7.44. The number of carbonyl (C=O) groups is 1. The number of benzene rings is 2. The van der Waals surface area contributed by atoms with Crippen molar-refractivity contribution in [3.63, 3.8) is 0 Å². The highest BCUT2D eigenvalue weighted by atomic mass is 35.5. The van der Waals surface area contributed by atoms with E-state index in [-0.39, 0.29) is 24.0 Å². The number of aromatic nitrogens is 1. The van der Waals surface area contributed by atoms with Gasteiger partial charge >= 0.3 is 0 Å². The van der Waals surface area contributed by atoms with Crippen molar-refractivity contribution in [1.29, 1.82) is 0 Å². The van der Waals surface area contributed by atoms with Gasteiger partial charge in [-0.2, -0.15) is 0 Å². The van der Waals surface area contributed by atoms with Crippen LogP contribution in [-0.4, -0.2) is 27.9 Å². The molecule has 134 valence electrons. The molecule has 0 saturated carbocycles. The number of aromatic hydroxyl groups is 1. The predicted molar refractivity (Wildman–Crippen MR) is 105 cm³/mol. The van der Waals surface area contributed by atoms with Crippen LogP contribution in [0.5, 0.6) is 5.75 Å². The molecule has 0 aliphatic rings. The molecule has 0 fully saturated rings. The molecule has 1 heterocycles. The number of amides is 1. The molecule has 2 aromatic carbocycles. The average molecular weight is 387 g/mol. The molecule has 3 rings (SSSR count). The Kier molecular flexibility index (Phi) is 5.91. The van der Waals surface area contributed by atoms with Crippen molar-refractivity contribution in [2.24, 2.45) is 0 Å². The van der Waals surface area contributed by atoms with E-state index in [1.807, 2.05) is 35.7 Å². The van der Waals surface area contributed by atoms with Crippen molar-refractivity contribution in [2.45, 2.75) is 18.9 Å². The van der Waals surface area contributed by atoms with Crippen LogP contribution < -0.4 is 0 Å². The minimum atomic E-state index is -0.234. The Labute approximate surface area is 161 Å². The van der Waals surface area contributed by atoms with Gasteiger partial charge in [-0.15, -0.1) is 11.3 Å². The highest BCUT2D eigenvalue weighted by Gasteiger charge is 2.23. The van der Waals surface area contributed by atoms with Crippen LogP contribution in [0.15, 0.2) is 60.1 Å². The van der Waals surface area contributed by atoms with Crippen LogP contribution in [0.25, 0.3) is 0 Å². The Bertz CT molecular complexity index is 883. The van der Waals surface area contributed by atoms with Crippen molar-refractivity contribution >= 4 is 28.8 Å². The van der Waals surface area contributed by atoms with E-state index < -0.39 is 0 Å².